The average molecular weight is 283 g/mol. The van der Waals surface area contributed by atoms with Gasteiger partial charge in [-0.3, -0.25) is 9.78 Å². The van der Waals surface area contributed by atoms with Crippen LogP contribution in [0.25, 0.3) is 0 Å². The van der Waals surface area contributed by atoms with Crippen molar-refractivity contribution >= 4 is 17.3 Å². The number of anilines is 2. The lowest BCUT2D eigenvalue weighted by Crippen LogP contribution is -2.15. The van der Waals surface area contributed by atoms with Crippen LogP contribution < -0.4 is 10.6 Å². The topological polar surface area (TPSA) is 54.0 Å². The Kier molecular flexibility index (Phi) is 4.26. The smallest absolute Gasteiger partial charge is 0.259 e. The van der Waals surface area contributed by atoms with Crippen LogP contribution in [-0.4, -0.2) is 17.9 Å². The molecule has 4 nitrogen and oxygen atoms in total. The molecule has 0 fully saturated rings. The van der Waals surface area contributed by atoms with Gasteiger partial charge in [-0.25, -0.2) is 0 Å². The molecule has 1 amide bonds. The Morgan fingerprint density at radius 2 is 1.76 bits per heavy atom. The molecule has 0 spiro atoms. The summed E-state index contributed by atoms with van der Waals surface area (Å²) in [7, 11) is 1.78. The van der Waals surface area contributed by atoms with Crippen molar-refractivity contribution in [1.82, 2.24) is 4.98 Å². The maximum absolute atomic E-state index is 12.3. The Morgan fingerprint density at radius 3 is 2.33 bits per heavy atom. The molecule has 0 unspecified atom stereocenters. The summed E-state index contributed by atoms with van der Waals surface area (Å²) in [5.74, 6) is -0.170. The first-order valence-corrected chi connectivity index (χ1v) is 6.95. The molecule has 0 saturated heterocycles. The Bertz CT molecular complexity index is 627. The van der Waals surface area contributed by atoms with Crippen LogP contribution in [0.1, 0.15) is 36.7 Å². The van der Waals surface area contributed by atoms with Gasteiger partial charge in [0, 0.05) is 30.8 Å². The predicted molar refractivity (Wildman–Crippen MR) is 86.9 cm³/mol. The summed E-state index contributed by atoms with van der Waals surface area (Å²) in [4.78, 5) is 16.3. The Morgan fingerprint density at radius 1 is 1.10 bits per heavy atom. The Hall–Kier alpha value is -2.36. The minimum atomic E-state index is -0.170. The largest absolute Gasteiger partial charge is 0.387 e. The van der Waals surface area contributed by atoms with Crippen molar-refractivity contribution in [1.29, 1.82) is 0 Å². The maximum Gasteiger partial charge on any atom is 0.259 e. The lowest BCUT2D eigenvalue weighted by atomic mass is 9.87. The number of hydrogen-bond acceptors (Lipinski definition) is 3. The quantitative estimate of drug-likeness (QED) is 0.903. The zero-order valence-electron chi connectivity index (χ0n) is 12.9. The van der Waals surface area contributed by atoms with Crippen molar-refractivity contribution in [3.63, 3.8) is 0 Å². The molecular formula is C17H21N3O. The number of hydrogen-bond donors (Lipinski definition) is 2. The maximum atomic E-state index is 12.3. The summed E-state index contributed by atoms with van der Waals surface area (Å²) in [6, 6.07) is 9.70. The fraction of sp³-hybridized carbons (Fsp3) is 0.294. The normalized spacial score (nSPS) is 11.0. The van der Waals surface area contributed by atoms with Crippen molar-refractivity contribution in [3.8, 4) is 0 Å². The third-order valence-electron chi connectivity index (χ3n) is 3.34. The highest BCUT2D eigenvalue weighted by Crippen LogP contribution is 2.24. The van der Waals surface area contributed by atoms with Gasteiger partial charge in [0.05, 0.1) is 5.56 Å². The van der Waals surface area contributed by atoms with Crippen LogP contribution in [0.4, 0.5) is 11.4 Å². The van der Waals surface area contributed by atoms with Crippen LogP contribution in [0.2, 0.25) is 0 Å². The summed E-state index contributed by atoms with van der Waals surface area (Å²) in [6.07, 6.45) is 3.21. The summed E-state index contributed by atoms with van der Waals surface area (Å²) < 4.78 is 0. The van der Waals surface area contributed by atoms with Crippen LogP contribution in [-0.2, 0) is 5.41 Å². The highest BCUT2D eigenvalue weighted by atomic mass is 16.1. The summed E-state index contributed by atoms with van der Waals surface area (Å²) >= 11 is 0. The molecule has 0 atom stereocenters. The summed E-state index contributed by atoms with van der Waals surface area (Å²) in [5.41, 5.74) is 3.40. The van der Waals surface area contributed by atoms with E-state index >= 15 is 0 Å². The minimum absolute atomic E-state index is 0.102. The zero-order valence-corrected chi connectivity index (χ0v) is 12.9. The zero-order chi connectivity index (χ0) is 15.5. The number of rotatable bonds is 3. The number of carbonyl (C=O) groups is 1. The van der Waals surface area contributed by atoms with Gasteiger partial charge in [-0.05, 0) is 29.2 Å². The fourth-order valence-electron chi connectivity index (χ4n) is 2.05. The van der Waals surface area contributed by atoms with Gasteiger partial charge in [0.15, 0.2) is 0 Å². The SMILES string of the molecule is CNc1ccncc1C(=O)Nc1ccc(C(C)(C)C)cc1. The molecule has 0 aliphatic heterocycles. The molecular weight excluding hydrogens is 262 g/mol. The molecule has 2 aromatic rings. The predicted octanol–water partition coefficient (Wildman–Crippen LogP) is 3.67. The van der Waals surface area contributed by atoms with Crippen LogP contribution in [0, 0.1) is 0 Å². The van der Waals surface area contributed by atoms with E-state index in [1.165, 1.54) is 5.56 Å². The van der Waals surface area contributed by atoms with Crippen LogP contribution >= 0.6 is 0 Å². The third-order valence-corrected chi connectivity index (χ3v) is 3.34. The van der Waals surface area contributed by atoms with Gasteiger partial charge in [-0.1, -0.05) is 32.9 Å². The number of aromatic nitrogens is 1. The van der Waals surface area contributed by atoms with Crippen molar-refractivity contribution in [2.75, 3.05) is 17.7 Å². The first-order valence-electron chi connectivity index (χ1n) is 6.95. The lowest BCUT2D eigenvalue weighted by Gasteiger charge is -2.19. The molecule has 0 aliphatic carbocycles. The van der Waals surface area contributed by atoms with Gasteiger partial charge < -0.3 is 10.6 Å². The van der Waals surface area contributed by atoms with Crippen LogP contribution in [0.5, 0.6) is 0 Å². The molecule has 2 rings (SSSR count). The lowest BCUT2D eigenvalue weighted by molar-refractivity contribution is 0.102. The van der Waals surface area contributed by atoms with E-state index < -0.39 is 0 Å². The standard InChI is InChI=1S/C17H21N3O/c1-17(2,3)12-5-7-13(8-6-12)20-16(21)14-11-19-10-9-15(14)18-4/h5-11H,1-4H3,(H,18,19)(H,20,21). The van der Waals surface area contributed by atoms with Crippen molar-refractivity contribution < 1.29 is 4.79 Å². The van der Waals surface area contributed by atoms with Gasteiger partial charge in [-0.2, -0.15) is 0 Å². The second-order valence-corrected chi connectivity index (χ2v) is 5.95. The van der Waals surface area contributed by atoms with E-state index in [1.807, 2.05) is 24.3 Å². The summed E-state index contributed by atoms with van der Waals surface area (Å²) in [5, 5.41) is 5.88. The van der Waals surface area contributed by atoms with E-state index in [2.05, 4.69) is 36.4 Å². The van der Waals surface area contributed by atoms with Gasteiger partial charge in [0.2, 0.25) is 0 Å². The minimum Gasteiger partial charge on any atom is -0.387 e. The first-order chi connectivity index (χ1) is 9.91. The monoisotopic (exact) mass is 283 g/mol. The molecule has 1 heterocycles. The Balaban J connectivity index is 2.16. The molecule has 21 heavy (non-hydrogen) atoms. The number of nitrogens with one attached hydrogen (secondary N) is 2. The van der Waals surface area contributed by atoms with Gasteiger partial charge in [-0.15, -0.1) is 0 Å². The highest BCUT2D eigenvalue weighted by molar-refractivity contribution is 6.07. The molecule has 1 aromatic carbocycles. The van der Waals surface area contributed by atoms with E-state index in [0.29, 0.717) is 5.56 Å². The van der Waals surface area contributed by atoms with Gasteiger partial charge >= 0.3 is 0 Å². The number of carbonyl (C=O) groups excluding carboxylic acids is 1. The van der Waals surface area contributed by atoms with Gasteiger partial charge in [0.25, 0.3) is 5.91 Å². The van der Waals surface area contributed by atoms with E-state index in [-0.39, 0.29) is 11.3 Å². The molecule has 0 saturated carbocycles. The number of nitrogens with zero attached hydrogens (tertiary/aromatic N) is 1. The highest BCUT2D eigenvalue weighted by Gasteiger charge is 2.14. The fourth-order valence-corrected chi connectivity index (χ4v) is 2.05. The van der Waals surface area contributed by atoms with Crippen LogP contribution in [0.3, 0.4) is 0 Å². The van der Waals surface area contributed by atoms with Crippen molar-refractivity contribution in [2.24, 2.45) is 0 Å². The molecule has 110 valence electrons. The van der Waals surface area contributed by atoms with E-state index in [1.54, 1.807) is 25.5 Å². The average Bonchev–Trinajstić information content (AvgIpc) is 2.46. The third kappa shape index (κ3) is 3.60. The van der Waals surface area contributed by atoms with Crippen molar-refractivity contribution in [2.45, 2.75) is 26.2 Å². The number of amides is 1. The number of benzene rings is 1. The first kappa shape index (κ1) is 15.0. The van der Waals surface area contributed by atoms with E-state index in [9.17, 15) is 4.79 Å². The molecule has 0 radical (unpaired) electrons. The van der Waals surface area contributed by atoms with Crippen molar-refractivity contribution in [3.05, 3.63) is 53.9 Å². The number of pyridine rings is 1. The molecule has 2 N–H and O–H groups in total. The molecule has 0 bridgehead atoms. The second-order valence-electron chi connectivity index (χ2n) is 5.95. The second kappa shape index (κ2) is 5.95. The molecule has 1 aromatic heterocycles. The Labute approximate surface area is 125 Å². The molecule has 4 heteroatoms. The van der Waals surface area contributed by atoms with E-state index in [4.69, 9.17) is 0 Å². The van der Waals surface area contributed by atoms with Crippen LogP contribution in [0.15, 0.2) is 42.7 Å². The van der Waals surface area contributed by atoms with Gasteiger partial charge in [0.1, 0.15) is 0 Å². The van der Waals surface area contributed by atoms with E-state index in [0.717, 1.165) is 11.4 Å². The molecule has 0 aliphatic rings. The summed E-state index contributed by atoms with van der Waals surface area (Å²) in [6.45, 7) is 6.49.